The first-order valence-corrected chi connectivity index (χ1v) is 4.44. The molecule has 0 bridgehead atoms. The van der Waals surface area contributed by atoms with Gasteiger partial charge in [-0.1, -0.05) is 6.07 Å². The fraction of sp³-hybridized carbons (Fsp3) is 0.300. The van der Waals surface area contributed by atoms with Gasteiger partial charge in [-0.25, -0.2) is 4.79 Å². The molecule has 1 aliphatic heterocycles. The van der Waals surface area contributed by atoms with Gasteiger partial charge in [-0.2, -0.15) is 0 Å². The van der Waals surface area contributed by atoms with E-state index in [4.69, 9.17) is 4.74 Å². The lowest BCUT2D eigenvalue weighted by molar-refractivity contribution is 0.150. The van der Waals surface area contributed by atoms with Gasteiger partial charge in [0.1, 0.15) is 11.9 Å². The van der Waals surface area contributed by atoms with Crippen LogP contribution in [-0.2, 0) is 4.74 Å². The topological polar surface area (TPSA) is 49.8 Å². The van der Waals surface area contributed by atoms with E-state index in [0.29, 0.717) is 12.2 Å². The SMILES string of the molecule is CC1CN(c2cccc(O)c2)C(=O)O1. The van der Waals surface area contributed by atoms with Crippen molar-refractivity contribution >= 4 is 11.8 Å². The second-order valence-electron chi connectivity index (χ2n) is 3.32. The summed E-state index contributed by atoms with van der Waals surface area (Å²) < 4.78 is 4.97. The Morgan fingerprint density at radius 3 is 2.93 bits per heavy atom. The van der Waals surface area contributed by atoms with Crippen LogP contribution >= 0.6 is 0 Å². The average molecular weight is 193 g/mol. The van der Waals surface area contributed by atoms with Crippen molar-refractivity contribution in [3.05, 3.63) is 24.3 Å². The fourth-order valence-corrected chi connectivity index (χ4v) is 1.48. The van der Waals surface area contributed by atoms with Crippen LogP contribution in [0.15, 0.2) is 24.3 Å². The van der Waals surface area contributed by atoms with E-state index in [-0.39, 0.29) is 17.9 Å². The molecule has 14 heavy (non-hydrogen) atoms. The number of aromatic hydroxyl groups is 1. The molecule has 1 aromatic carbocycles. The first-order valence-electron chi connectivity index (χ1n) is 4.44. The summed E-state index contributed by atoms with van der Waals surface area (Å²) in [7, 11) is 0. The number of nitrogens with zero attached hydrogens (tertiary/aromatic N) is 1. The molecule has 0 saturated carbocycles. The lowest BCUT2D eigenvalue weighted by atomic mass is 10.2. The maximum Gasteiger partial charge on any atom is 0.414 e. The van der Waals surface area contributed by atoms with Crippen molar-refractivity contribution in [2.75, 3.05) is 11.4 Å². The van der Waals surface area contributed by atoms with Crippen molar-refractivity contribution in [1.29, 1.82) is 0 Å². The molecule has 0 spiro atoms. The number of benzene rings is 1. The summed E-state index contributed by atoms with van der Waals surface area (Å²) in [6.45, 7) is 2.36. The Morgan fingerprint density at radius 1 is 1.57 bits per heavy atom. The summed E-state index contributed by atoms with van der Waals surface area (Å²) in [5.74, 6) is 0.148. The van der Waals surface area contributed by atoms with Gasteiger partial charge >= 0.3 is 6.09 Å². The zero-order chi connectivity index (χ0) is 10.1. The van der Waals surface area contributed by atoms with E-state index in [2.05, 4.69) is 0 Å². The Balaban J connectivity index is 2.27. The van der Waals surface area contributed by atoms with E-state index in [1.807, 2.05) is 6.92 Å². The molecule has 1 aliphatic rings. The van der Waals surface area contributed by atoms with Crippen LogP contribution < -0.4 is 4.90 Å². The summed E-state index contributed by atoms with van der Waals surface area (Å²) in [5, 5.41) is 9.25. The van der Waals surface area contributed by atoms with Crippen LogP contribution in [0.1, 0.15) is 6.92 Å². The highest BCUT2D eigenvalue weighted by molar-refractivity contribution is 5.89. The molecule has 4 heteroatoms. The number of cyclic esters (lactones) is 1. The minimum absolute atomic E-state index is 0.0927. The number of carbonyl (C=O) groups is 1. The molecule has 1 amide bonds. The van der Waals surface area contributed by atoms with Crippen LogP contribution in [0.4, 0.5) is 10.5 Å². The van der Waals surface area contributed by atoms with E-state index >= 15 is 0 Å². The van der Waals surface area contributed by atoms with Crippen molar-refractivity contribution in [3.8, 4) is 5.75 Å². The summed E-state index contributed by atoms with van der Waals surface area (Å²) in [4.78, 5) is 12.8. The Hall–Kier alpha value is -1.71. The minimum atomic E-state index is -0.358. The largest absolute Gasteiger partial charge is 0.508 e. The monoisotopic (exact) mass is 193 g/mol. The zero-order valence-electron chi connectivity index (χ0n) is 7.80. The highest BCUT2D eigenvalue weighted by Gasteiger charge is 2.29. The number of carbonyl (C=O) groups excluding carboxylic acids is 1. The third-order valence-corrected chi connectivity index (χ3v) is 2.10. The van der Waals surface area contributed by atoms with Crippen molar-refractivity contribution in [2.24, 2.45) is 0 Å². The van der Waals surface area contributed by atoms with Gasteiger partial charge in [-0.05, 0) is 19.1 Å². The van der Waals surface area contributed by atoms with Crippen LogP contribution in [-0.4, -0.2) is 23.8 Å². The third kappa shape index (κ3) is 1.51. The standard InChI is InChI=1S/C10H11NO3/c1-7-6-11(10(13)14-7)8-3-2-4-9(12)5-8/h2-5,7,12H,6H2,1H3. The Labute approximate surface area is 81.7 Å². The lowest BCUT2D eigenvalue weighted by Crippen LogP contribution is -2.23. The van der Waals surface area contributed by atoms with Gasteiger partial charge in [0.05, 0.1) is 12.2 Å². The number of phenols is 1. The lowest BCUT2D eigenvalue weighted by Gasteiger charge is -2.12. The molecule has 4 nitrogen and oxygen atoms in total. The van der Waals surface area contributed by atoms with E-state index in [1.165, 1.54) is 4.90 Å². The molecule has 0 aliphatic carbocycles. The summed E-state index contributed by atoms with van der Waals surface area (Å²) in [6.07, 6.45) is -0.451. The molecule has 1 aromatic rings. The van der Waals surface area contributed by atoms with Gasteiger partial charge in [0, 0.05) is 6.07 Å². The number of rotatable bonds is 1. The Kier molecular flexibility index (Phi) is 2.04. The van der Waals surface area contributed by atoms with Gasteiger partial charge in [0.2, 0.25) is 0 Å². The molecule has 0 aromatic heterocycles. The van der Waals surface area contributed by atoms with Crippen LogP contribution in [0.25, 0.3) is 0 Å². The van der Waals surface area contributed by atoms with Gasteiger partial charge < -0.3 is 9.84 Å². The van der Waals surface area contributed by atoms with Gasteiger partial charge in [0.25, 0.3) is 0 Å². The highest BCUT2D eigenvalue weighted by atomic mass is 16.6. The molecule has 0 radical (unpaired) electrons. The molecule has 1 saturated heterocycles. The second kappa shape index (κ2) is 3.21. The van der Waals surface area contributed by atoms with Crippen LogP contribution in [0.2, 0.25) is 0 Å². The van der Waals surface area contributed by atoms with Crippen LogP contribution in [0, 0.1) is 0 Å². The molecular formula is C10H11NO3. The molecular weight excluding hydrogens is 182 g/mol. The normalized spacial score (nSPS) is 21.1. The Bertz CT molecular complexity index is 364. The predicted octanol–water partition coefficient (Wildman–Crippen LogP) is 1.74. The molecule has 1 atom stereocenters. The maximum absolute atomic E-state index is 11.3. The smallest absolute Gasteiger partial charge is 0.414 e. The molecule has 1 heterocycles. The molecule has 1 fully saturated rings. The van der Waals surface area contributed by atoms with Crippen LogP contribution in [0.5, 0.6) is 5.75 Å². The number of phenolic OH excluding ortho intramolecular Hbond substituents is 1. The predicted molar refractivity (Wildman–Crippen MR) is 51.4 cm³/mol. The fourth-order valence-electron chi connectivity index (χ4n) is 1.48. The first kappa shape index (κ1) is 8.87. The summed E-state index contributed by atoms with van der Waals surface area (Å²) in [5.41, 5.74) is 0.666. The van der Waals surface area contributed by atoms with E-state index < -0.39 is 0 Å². The van der Waals surface area contributed by atoms with E-state index in [9.17, 15) is 9.90 Å². The minimum Gasteiger partial charge on any atom is -0.508 e. The van der Waals surface area contributed by atoms with Crippen molar-refractivity contribution in [3.63, 3.8) is 0 Å². The maximum atomic E-state index is 11.3. The second-order valence-corrected chi connectivity index (χ2v) is 3.32. The summed E-state index contributed by atoms with van der Waals surface area (Å²) >= 11 is 0. The molecule has 74 valence electrons. The molecule has 1 N–H and O–H groups in total. The van der Waals surface area contributed by atoms with Crippen molar-refractivity contribution < 1.29 is 14.6 Å². The number of anilines is 1. The van der Waals surface area contributed by atoms with Crippen molar-refractivity contribution in [1.82, 2.24) is 0 Å². The zero-order valence-corrected chi connectivity index (χ0v) is 7.80. The first-order chi connectivity index (χ1) is 6.66. The summed E-state index contributed by atoms with van der Waals surface area (Å²) in [6, 6.07) is 6.56. The van der Waals surface area contributed by atoms with Crippen LogP contribution in [0.3, 0.4) is 0 Å². The van der Waals surface area contributed by atoms with E-state index in [0.717, 1.165) is 0 Å². The average Bonchev–Trinajstić information content (AvgIpc) is 2.45. The Morgan fingerprint density at radius 2 is 2.36 bits per heavy atom. The van der Waals surface area contributed by atoms with Gasteiger partial charge in [-0.3, -0.25) is 4.90 Å². The van der Waals surface area contributed by atoms with E-state index in [1.54, 1.807) is 24.3 Å². The number of amides is 1. The quantitative estimate of drug-likeness (QED) is 0.739. The third-order valence-electron chi connectivity index (χ3n) is 2.10. The number of hydrogen-bond donors (Lipinski definition) is 1. The highest BCUT2D eigenvalue weighted by Crippen LogP contribution is 2.24. The number of ether oxygens (including phenoxy) is 1. The van der Waals surface area contributed by atoms with Crippen molar-refractivity contribution in [2.45, 2.75) is 13.0 Å². The molecule has 1 unspecified atom stereocenters. The number of hydrogen-bond acceptors (Lipinski definition) is 3. The van der Waals surface area contributed by atoms with Gasteiger partial charge in [0.15, 0.2) is 0 Å². The van der Waals surface area contributed by atoms with Gasteiger partial charge in [-0.15, -0.1) is 0 Å². The molecule has 2 rings (SSSR count).